The third kappa shape index (κ3) is 3.34. The van der Waals surface area contributed by atoms with Crippen molar-refractivity contribution < 1.29 is 8.78 Å². The van der Waals surface area contributed by atoms with Gasteiger partial charge >= 0.3 is 0 Å². The van der Waals surface area contributed by atoms with Gasteiger partial charge in [-0.15, -0.1) is 11.3 Å². The van der Waals surface area contributed by atoms with E-state index in [9.17, 15) is 8.78 Å². The molecule has 0 amide bonds. The van der Waals surface area contributed by atoms with Crippen molar-refractivity contribution in [3.8, 4) is 0 Å². The van der Waals surface area contributed by atoms with Crippen LogP contribution < -0.4 is 5.32 Å². The van der Waals surface area contributed by atoms with E-state index in [0.717, 1.165) is 15.4 Å². The summed E-state index contributed by atoms with van der Waals surface area (Å²) in [6.45, 7) is 0.964. The maximum Gasteiger partial charge on any atom is 0.163 e. The van der Waals surface area contributed by atoms with Crippen LogP contribution in [0.1, 0.15) is 10.4 Å². The van der Waals surface area contributed by atoms with E-state index in [1.165, 1.54) is 6.07 Å². The number of rotatable bonds is 4. The van der Waals surface area contributed by atoms with E-state index in [-0.39, 0.29) is 0 Å². The zero-order valence-electron chi connectivity index (χ0n) is 8.84. The molecule has 0 aliphatic carbocycles. The Bertz CT molecular complexity index is 513. The Hall–Kier alpha value is -0.780. The fraction of sp³-hybridized carbons (Fsp3) is 0.167. The number of hydrogen-bond donors (Lipinski definition) is 1. The minimum absolute atomic E-state index is 0.319. The van der Waals surface area contributed by atoms with Crippen molar-refractivity contribution in [3.05, 3.63) is 56.2 Å². The summed E-state index contributed by atoms with van der Waals surface area (Å²) in [4.78, 5) is 1.15. The van der Waals surface area contributed by atoms with Gasteiger partial charge in [-0.3, -0.25) is 0 Å². The number of nitrogens with one attached hydrogen (secondary N) is 1. The molecule has 0 aliphatic heterocycles. The van der Waals surface area contributed by atoms with Gasteiger partial charge in [0.2, 0.25) is 0 Å². The molecule has 0 atom stereocenters. The number of benzene rings is 1. The summed E-state index contributed by atoms with van der Waals surface area (Å²) in [6, 6.07) is 6.21. The largest absolute Gasteiger partial charge is 0.308 e. The molecule has 1 nitrogen and oxygen atoms in total. The summed E-state index contributed by atoms with van der Waals surface area (Å²) in [6.07, 6.45) is 0. The summed E-state index contributed by atoms with van der Waals surface area (Å²) in [7, 11) is 0. The van der Waals surface area contributed by atoms with E-state index in [1.54, 1.807) is 17.4 Å². The summed E-state index contributed by atoms with van der Waals surface area (Å²) >= 11 is 4.98. The second-order valence-corrected chi connectivity index (χ2v) is 5.46. The highest BCUT2D eigenvalue weighted by Crippen LogP contribution is 2.19. The molecular weight excluding hydrogens is 308 g/mol. The molecule has 90 valence electrons. The molecule has 1 aromatic heterocycles. The van der Waals surface area contributed by atoms with Gasteiger partial charge in [-0.25, -0.2) is 8.78 Å². The van der Waals surface area contributed by atoms with Crippen LogP contribution in [-0.2, 0) is 13.1 Å². The summed E-state index contributed by atoms with van der Waals surface area (Å²) in [5.74, 6) is -1.57. The van der Waals surface area contributed by atoms with Crippen molar-refractivity contribution in [1.82, 2.24) is 5.32 Å². The lowest BCUT2D eigenvalue weighted by Gasteiger charge is -2.05. The fourth-order valence-electron chi connectivity index (χ4n) is 1.45. The third-order valence-corrected chi connectivity index (χ3v) is 3.97. The molecule has 0 saturated heterocycles. The van der Waals surface area contributed by atoms with Crippen LogP contribution in [0.2, 0.25) is 0 Å². The van der Waals surface area contributed by atoms with Crippen LogP contribution >= 0.6 is 27.3 Å². The normalized spacial score (nSPS) is 10.8. The first kappa shape index (κ1) is 12.7. The first-order valence-electron chi connectivity index (χ1n) is 5.03. The zero-order chi connectivity index (χ0) is 12.3. The standard InChI is InChI=1S/C12H10BrF2NS/c13-9-4-10(17-7-9)6-16-5-8-2-1-3-11(14)12(8)15/h1-4,7,16H,5-6H2. The first-order valence-corrected chi connectivity index (χ1v) is 6.70. The van der Waals surface area contributed by atoms with Crippen molar-refractivity contribution in [2.45, 2.75) is 13.1 Å². The van der Waals surface area contributed by atoms with E-state index in [2.05, 4.69) is 21.2 Å². The van der Waals surface area contributed by atoms with E-state index >= 15 is 0 Å². The Morgan fingerprint density at radius 1 is 1.24 bits per heavy atom. The first-order chi connectivity index (χ1) is 8.16. The fourth-order valence-corrected chi connectivity index (χ4v) is 2.87. The van der Waals surface area contributed by atoms with Crippen LogP contribution in [0.15, 0.2) is 34.1 Å². The number of hydrogen-bond acceptors (Lipinski definition) is 2. The molecule has 1 aromatic carbocycles. The quantitative estimate of drug-likeness (QED) is 0.896. The minimum Gasteiger partial charge on any atom is -0.308 e. The molecule has 0 saturated carbocycles. The van der Waals surface area contributed by atoms with E-state index in [0.29, 0.717) is 18.7 Å². The van der Waals surface area contributed by atoms with Gasteiger partial charge in [-0.2, -0.15) is 0 Å². The van der Waals surface area contributed by atoms with Gasteiger partial charge in [0.15, 0.2) is 11.6 Å². The highest BCUT2D eigenvalue weighted by Gasteiger charge is 2.06. The molecule has 0 aliphatic rings. The molecule has 1 N–H and O–H groups in total. The molecule has 0 spiro atoms. The van der Waals surface area contributed by atoms with Crippen molar-refractivity contribution in [3.63, 3.8) is 0 Å². The topological polar surface area (TPSA) is 12.0 Å². The lowest BCUT2D eigenvalue weighted by Crippen LogP contribution is -2.13. The highest BCUT2D eigenvalue weighted by atomic mass is 79.9. The molecule has 5 heteroatoms. The minimum atomic E-state index is -0.803. The lowest BCUT2D eigenvalue weighted by atomic mass is 10.2. The van der Waals surface area contributed by atoms with Crippen LogP contribution in [0.4, 0.5) is 8.78 Å². The molecule has 0 unspecified atom stereocenters. The Kier molecular flexibility index (Phi) is 4.25. The van der Waals surface area contributed by atoms with Crippen molar-refractivity contribution in [2.24, 2.45) is 0 Å². The van der Waals surface area contributed by atoms with Crippen molar-refractivity contribution in [1.29, 1.82) is 0 Å². The average Bonchev–Trinajstić information content (AvgIpc) is 2.70. The van der Waals surface area contributed by atoms with Gasteiger partial charge in [-0.05, 0) is 28.1 Å². The Morgan fingerprint density at radius 2 is 2.06 bits per heavy atom. The van der Waals surface area contributed by atoms with Crippen LogP contribution in [0.25, 0.3) is 0 Å². The van der Waals surface area contributed by atoms with Gasteiger partial charge < -0.3 is 5.32 Å². The van der Waals surface area contributed by atoms with Crippen molar-refractivity contribution in [2.75, 3.05) is 0 Å². The van der Waals surface area contributed by atoms with Gasteiger partial charge in [-0.1, -0.05) is 12.1 Å². The van der Waals surface area contributed by atoms with Crippen LogP contribution in [0.5, 0.6) is 0 Å². The lowest BCUT2D eigenvalue weighted by molar-refractivity contribution is 0.493. The van der Waals surface area contributed by atoms with Crippen LogP contribution in [0.3, 0.4) is 0 Å². The molecular formula is C12H10BrF2NS. The molecule has 1 heterocycles. The second-order valence-electron chi connectivity index (χ2n) is 3.55. The van der Waals surface area contributed by atoms with E-state index in [1.807, 2.05) is 11.4 Å². The van der Waals surface area contributed by atoms with Crippen LogP contribution in [-0.4, -0.2) is 0 Å². The predicted molar refractivity (Wildman–Crippen MR) is 68.9 cm³/mol. The maximum atomic E-state index is 13.3. The van der Waals surface area contributed by atoms with E-state index < -0.39 is 11.6 Å². The summed E-state index contributed by atoms with van der Waals surface area (Å²) in [5.41, 5.74) is 0.348. The smallest absolute Gasteiger partial charge is 0.163 e. The third-order valence-electron chi connectivity index (χ3n) is 2.27. The predicted octanol–water partition coefficient (Wildman–Crippen LogP) is 4.08. The summed E-state index contributed by atoms with van der Waals surface area (Å²) in [5, 5.41) is 5.07. The van der Waals surface area contributed by atoms with Gasteiger partial charge in [0.25, 0.3) is 0 Å². The van der Waals surface area contributed by atoms with Gasteiger partial charge in [0.1, 0.15) is 0 Å². The molecule has 0 fully saturated rings. The number of thiophene rings is 1. The van der Waals surface area contributed by atoms with E-state index in [4.69, 9.17) is 0 Å². The monoisotopic (exact) mass is 317 g/mol. The average molecular weight is 318 g/mol. The zero-order valence-corrected chi connectivity index (χ0v) is 11.2. The number of halogens is 3. The van der Waals surface area contributed by atoms with Gasteiger partial charge in [0.05, 0.1) is 0 Å². The summed E-state index contributed by atoms with van der Waals surface area (Å²) < 4.78 is 27.3. The molecule has 2 rings (SSSR count). The Morgan fingerprint density at radius 3 is 2.76 bits per heavy atom. The molecule has 0 radical (unpaired) electrons. The van der Waals surface area contributed by atoms with Crippen LogP contribution in [0, 0.1) is 11.6 Å². The maximum absolute atomic E-state index is 13.3. The SMILES string of the molecule is Fc1cccc(CNCc2cc(Br)cs2)c1F. The van der Waals surface area contributed by atoms with Gasteiger partial charge in [0, 0.05) is 33.4 Å². The highest BCUT2D eigenvalue weighted by molar-refractivity contribution is 9.10. The second kappa shape index (κ2) is 5.71. The molecule has 2 aromatic rings. The molecule has 17 heavy (non-hydrogen) atoms. The van der Waals surface area contributed by atoms with Crippen molar-refractivity contribution >= 4 is 27.3 Å². The molecule has 0 bridgehead atoms. The Labute approximate surface area is 111 Å². The Balaban J connectivity index is 1.92.